The lowest BCUT2D eigenvalue weighted by molar-refractivity contribution is 0.669. The van der Waals surface area contributed by atoms with Gasteiger partial charge in [0.15, 0.2) is 0 Å². The van der Waals surface area contributed by atoms with Crippen LogP contribution in [0.1, 0.15) is 33.5 Å². The normalized spacial score (nSPS) is 12.4. The van der Waals surface area contributed by atoms with Gasteiger partial charge in [-0.3, -0.25) is 4.98 Å². The monoisotopic (exact) mass is 923 g/mol. The first-order valence-corrected chi connectivity index (χ1v) is 24.7. The molecule has 342 valence electrons. The van der Waals surface area contributed by atoms with Gasteiger partial charge in [0.1, 0.15) is 11.2 Å². The van der Waals surface area contributed by atoms with Gasteiger partial charge in [-0.15, -0.1) is 0 Å². The topological polar surface area (TPSA) is 32.5 Å². The van der Waals surface area contributed by atoms with Gasteiger partial charge in [0.2, 0.25) is 0 Å². The molecule has 0 bridgehead atoms. The van der Waals surface area contributed by atoms with E-state index in [1.807, 2.05) is 13.1 Å². The molecule has 0 spiro atoms. The molecule has 0 amide bonds. The second-order valence-electron chi connectivity index (χ2n) is 18.8. The van der Waals surface area contributed by atoms with Crippen LogP contribution in [0.2, 0.25) is 0 Å². The molecule has 1 aliphatic carbocycles. The Morgan fingerprint density at radius 2 is 0.889 bits per heavy atom. The maximum Gasteiger partial charge on any atom is 0.145 e. The molecule has 13 rings (SSSR count). The fraction of sp³-hybridized carbons (Fsp3) is 0.0441. The zero-order chi connectivity index (χ0) is 48.2. The van der Waals surface area contributed by atoms with Crippen LogP contribution in [0, 0.1) is 13.8 Å². The number of fused-ring (bicyclic) bond motifs is 7. The molecule has 2 aromatic heterocycles. The van der Waals surface area contributed by atoms with E-state index >= 15 is 0 Å². The first-order chi connectivity index (χ1) is 35.5. The highest BCUT2D eigenvalue weighted by atomic mass is 16.3. The Kier molecular flexibility index (Phi) is 10.5. The van der Waals surface area contributed by atoms with Gasteiger partial charge in [0.25, 0.3) is 0 Å². The second-order valence-corrected chi connectivity index (χ2v) is 18.8. The van der Waals surface area contributed by atoms with Crippen molar-refractivity contribution < 1.29 is 4.42 Å². The zero-order valence-corrected chi connectivity index (χ0v) is 40.1. The standard InChI is InChI=1S/C68H49N3O/c1-46-27-34-55(35-28-46)71(56-39-32-51(33-40-56)49-19-9-4-10-20-49)63-44-62-65(67-66(63)60-25-15-16-26-64(60)72-67)59-42-41-57(43-61(59)68(62,52-21-11-5-12-22-52)53-23-13-6-14-24-53)70(58-36-29-47(2)69-45-58)54-37-30-50(31-38-54)48-17-7-3-8-18-48/h3-45H,1-2H3. The maximum atomic E-state index is 7.31. The van der Waals surface area contributed by atoms with E-state index in [0.717, 1.165) is 89.6 Å². The summed E-state index contributed by atoms with van der Waals surface area (Å²) in [4.78, 5) is 9.61. The molecule has 0 aliphatic heterocycles. The summed E-state index contributed by atoms with van der Waals surface area (Å²) in [5, 5.41) is 2.13. The lowest BCUT2D eigenvalue weighted by atomic mass is 9.67. The molecule has 0 saturated carbocycles. The van der Waals surface area contributed by atoms with Crippen molar-refractivity contribution in [2.45, 2.75) is 19.3 Å². The molecule has 0 saturated heterocycles. The number of hydrogen-bond acceptors (Lipinski definition) is 4. The van der Waals surface area contributed by atoms with Crippen LogP contribution >= 0.6 is 0 Å². The van der Waals surface area contributed by atoms with Crippen LogP contribution in [0.15, 0.2) is 265 Å². The Morgan fingerprint density at radius 3 is 1.46 bits per heavy atom. The fourth-order valence-electron chi connectivity index (χ4n) is 11.2. The third-order valence-corrected chi connectivity index (χ3v) is 14.5. The van der Waals surface area contributed by atoms with Crippen molar-refractivity contribution in [3.63, 3.8) is 0 Å². The van der Waals surface area contributed by atoms with Crippen LogP contribution in [0.5, 0.6) is 0 Å². The summed E-state index contributed by atoms with van der Waals surface area (Å²) in [6.45, 7) is 4.19. The molecular formula is C68H49N3O. The molecule has 2 heterocycles. The molecule has 0 fully saturated rings. The minimum atomic E-state index is -0.782. The predicted molar refractivity (Wildman–Crippen MR) is 299 cm³/mol. The van der Waals surface area contributed by atoms with E-state index in [1.165, 1.54) is 33.4 Å². The number of aryl methyl sites for hydroxylation is 2. The molecule has 0 radical (unpaired) electrons. The van der Waals surface area contributed by atoms with Crippen molar-refractivity contribution in [2.24, 2.45) is 0 Å². The van der Waals surface area contributed by atoms with Crippen molar-refractivity contribution >= 4 is 56.1 Å². The molecule has 0 atom stereocenters. The predicted octanol–water partition coefficient (Wildman–Crippen LogP) is 18.2. The van der Waals surface area contributed by atoms with Crippen molar-refractivity contribution in [1.29, 1.82) is 0 Å². The number of benzene rings is 10. The number of furan rings is 1. The van der Waals surface area contributed by atoms with Gasteiger partial charge in [-0.05, 0) is 137 Å². The first-order valence-electron chi connectivity index (χ1n) is 24.7. The molecular weight excluding hydrogens is 875 g/mol. The number of para-hydroxylation sites is 1. The van der Waals surface area contributed by atoms with Crippen LogP contribution in [-0.2, 0) is 5.41 Å². The number of hydrogen-bond donors (Lipinski definition) is 0. The van der Waals surface area contributed by atoms with E-state index in [4.69, 9.17) is 9.40 Å². The quantitative estimate of drug-likeness (QED) is 0.137. The van der Waals surface area contributed by atoms with Gasteiger partial charge >= 0.3 is 0 Å². The van der Waals surface area contributed by atoms with Crippen molar-refractivity contribution in [3.05, 3.63) is 294 Å². The third-order valence-electron chi connectivity index (χ3n) is 14.5. The second kappa shape index (κ2) is 17.6. The van der Waals surface area contributed by atoms with Crippen LogP contribution in [0.25, 0.3) is 55.3 Å². The lowest BCUT2D eigenvalue weighted by Gasteiger charge is -2.36. The van der Waals surface area contributed by atoms with E-state index in [2.05, 4.69) is 272 Å². The molecule has 10 aromatic carbocycles. The number of pyridine rings is 1. The van der Waals surface area contributed by atoms with Crippen LogP contribution in [-0.4, -0.2) is 4.98 Å². The van der Waals surface area contributed by atoms with E-state index in [0.29, 0.717) is 0 Å². The van der Waals surface area contributed by atoms with Crippen molar-refractivity contribution in [1.82, 2.24) is 4.98 Å². The van der Waals surface area contributed by atoms with Gasteiger partial charge in [0.05, 0.1) is 28.4 Å². The first kappa shape index (κ1) is 42.8. The highest BCUT2D eigenvalue weighted by molar-refractivity contribution is 6.19. The number of nitrogens with zero attached hydrogens (tertiary/aromatic N) is 3. The average Bonchev–Trinajstić information content (AvgIpc) is 3.98. The fourth-order valence-corrected chi connectivity index (χ4v) is 11.2. The van der Waals surface area contributed by atoms with Gasteiger partial charge in [-0.2, -0.15) is 0 Å². The van der Waals surface area contributed by atoms with Crippen LogP contribution < -0.4 is 9.80 Å². The Hall–Kier alpha value is -9.25. The maximum absolute atomic E-state index is 7.31. The summed E-state index contributed by atoms with van der Waals surface area (Å²) in [5.41, 5.74) is 20.9. The summed E-state index contributed by atoms with van der Waals surface area (Å²) in [6, 6.07) is 92.3. The third kappa shape index (κ3) is 7.10. The van der Waals surface area contributed by atoms with Gasteiger partial charge < -0.3 is 14.2 Å². The summed E-state index contributed by atoms with van der Waals surface area (Å²) in [6.07, 6.45) is 1.99. The number of rotatable bonds is 10. The average molecular weight is 924 g/mol. The van der Waals surface area contributed by atoms with E-state index in [9.17, 15) is 0 Å². The molecule has 0 unspecified atom stereocenters. The van der Waals surface area contributed by atoms with Crippen molar-refractivity contribution in [2.75, 3.05) is 9.80 Å². The molecule has 4 nitrogen and oxygen atoms in total. The highest BCUT2D eigenvalue weighted by Gasteiger charge is 2.49. The molecule has 72 heavy (non-hydrogen) atoms. The highest BCUT2D eigenvalue weighted by Crippen LogP contribution is 2.61. The van der Waals surface area contributed by atoms with Crippen LogP contribution in [0.3, 0.4) is 0 Å². The summed E-state index contributed by atoms with van der Waals surface area (Å²) in [7, 11) is 0. The van der Waals surface area contributed by atoms with Gasteiger partial charge in [-0.1, -0.05) is 188 Å². The largest absolute Gasteiger partial charge is 0.455 e. The molecule has 0 N–H and O–H groups in total. The van der Waals surface area contributed by atoms with Gasteiger partial charge in [-0.25, -0.2) is 0 Å². The van der Waals surface area contributed by atoms with Gasteiger partial charge in [0, 0.05) is 39.4 Å². The molecule has 4 heteroatoms. The number of anilines is 6. The smallest absolute Gasteiger partial charge is 0.145 e. The zero-order valence-electron chi connectivity index (χ0n) is 40.1. The SMILES string of the molecule is Cc1ccc(N(c2ccc(-c3ccccc3)cc2)c2cc3c(c4oc5ccccc5c24)-c2ccc(N(c4ccc(-c5ccccc5)cc4)c4ccc(C)nc4)cc2C3(c2ccccc2)c2ccccc2)cc1. The van der Waals surface area contributed by atoms with Crippen LogP contribution in [0.4, 0.5) is 34.1 Å². The molecule has 1 aliphatic rings. The van der Waals surface area contributed by atoms with E-state index < -0.39 is 5.41 Å². The summed E-state index contributed by atoms with van der Waals surface area (Å²) >= 11 is 0. The summed E-state index contributed by atoms with van der Waals surface area (Å²) in [5.74, 6) is 0. The Balaban J connectivity index is 1.11. The minimum Gasteiger partial charge on any atom is -0.455 e. The Labute approximate surface area is 420 Å². The number of aromatic nitrogens is 1. The summed E-state index contributed by atoms with van der Waals surface area (Å²) < 4.78 is 7.31. The molecule has 12 aromatic rings. The van der Waals surface area contributed by atoms with E-state index in [-0.39, 0.29) is 0 Å². The lowest BCUT2D eigenvalue weighted by Crippen LogP contribution is -2.29. The van der Waals surface area contributed by atoms with E-state index in [1.54, 1.807) is 0 Å². The Bertz CT molecular complexity index is 3850. The Morgan fingerprint density at radius 1 is 0.403 bits per heavy atom. The van der Waals surface area contributed by atoms with Crippen molar-refractivity contribution in [3.8, 4) is 33.4 Å². The minimum absolute atomic E-state index is 0.782.